The van der Waals surface area contributed by atoms with Gasteiger partial charge < -0.3 is 5.32 Å². The largest absolute Gasteiger partial charge is 0.311 e. The minimum atomic E-state index is 0.0455. The number of hydrogen-bond donors (Lipinski definition) is 1. The molecule has 0 radical (unpaired) electrons. The molecule has 4 rings (SSSR count). The third kappa shape index (κ3) is 2.58. The molecule has 0 unspecified atom stereocenters. The summed E-state index contributed by atoms with van der Waals surface area (Å²) in [6, 6.07) is 14.2. The lowest BCUT2D eigenvalue weighted by Gasteiger charge is -2.24. The van der Waals surface area contributed by atoms with Gasteiger partial charge in [-0.3, -0.25) is 14.5 Å². The van der Waals surface area contributed by atoms with Crippen molar-refractivity contribution < 1.29 is 4.79 Å². The van der Waals surface area contributed by atoms with E-state index in [0.29, 0.717) is 6.42 Å². The van der Waals surface area contributed by atoms with Gasteiger partial charge >= 0.3 is 0 Å². The van der Waals surface area contributed by atoms with E-state index in [9.17, 15) is 4.79 Å². The monoisotopic (exact) mass is 318 g/mol. The lowest BCUT2D eigenvalue weighted by Crippen LogP contribution is -2.25. The summed E-state index contributed by atoms with van der Waals surface area (Å²) in [4.78, 5) is 16.4. The van der Waals surface area contributed by atoms with Crippen molar-refractivity contribution in [3.8, 4) is 11.3 Å². The number of aryl methyl sites for hydroxylation is 1. The van der Waals surface area contributed by atoms with Crippen LogP contribution in [0.1, 0.15) is 23.5 Å². The molecule has 2 aromatic heterocycles. The molecule has 5 nitrogen and oxygen atoms in total. The first-order valence-electron chi connectivity index (χ1n) is 8.03. The van der Waals surface area contributed by atoms with Crippen molar-refractivity contribution >= 4 is 11.7 Å². The zero-order chi connectivity index (χ0) is 16.5. The molecule has 0 saturated carbocycles. The number of benzene rings is 1. The highest BCUT2D eigenvalue weighted by atomic mass is 16.1. The number of nitrogens with zero attached hydrogens (tertiary/aromatic N) is 3. The number of carbonyl (C=O) groups excluding carboxylic acids is 1. The van der Waals surface area contributed by atoms with E-state index in [0.717, 1.165) is 29.1 Å². The topological polar surface area (TPSA) is 59.8 Å². The molecule has 0 bridgehead atoms. The Hall–Kier alpha value is -2.95. The van der Waals surface area contributed by atoms with Gasteiger partial charge in [-0.2, -0.15) is 5.10 Å². The number of nitrogens with one attached hydrogen (secondary N) is 1. The van der Waals surface area contributed by atoms with Crippen LogP contribution >= 0.6 is 0 Å². The van der Waals surface area contributed by atoms with Gasteiger partial charge in [0.25, 0.3) is 0 Å². The summed E-state index contributed by atoms with van der Waals surface area (Å²) in [6.07, 6.45) is 4.86. The van der Waals surface area contributed by atoms with Gasteiger partial charge in [0, 0.05) is 42.9 Å². The van der Waals surface area contributed by atoms with Gasteiger partial charge in [0.15, 0.2) is 0 Å². The first kappa shape index (κ1) is 14.6. The lowest BCUT2D eigenvalue weighted by molar-refractivity contribution is -0.116. The highest BCUT2D eigenvalue weighted by Gasteiger charge is 2.32. The molecular formula is C19H18N4O. The summed E-state index contributed by atoms with van der Waals surface area (Å²) in [7, 11) is 1.86. The van der Waals surface area contributed by atoms with Gasteiger partial charge in [-0.1, -0.05) is 30.3 Å². The molecule has 1 N–H and O–H groups in total. The molecule has 0 spiro atoms. The van der Waals surface area contributed by atoms with Crippen LogP contribution in [0.2, 0.25) is 0 Å². The van der Waals surface area contributed by atoms with Crippen molar-refractivity contribution in [2.75, 3.05) is 5.32 Å². The van der Waals surface area contributed by atoms with Crippen LogP contribution in [0.15, 0.2) is 54.9 Å². The van der Waals surface area contributed by atoms with Gasteiger partial charge in [0.2, 0.25) is 5.91 Å². The molecule has 1 aromatic carbocycles. The second kappa shape index (κ2) is 5.92. The number of carbonyl (C=O) groups is 1. The van der Waals surface area contributed by atoms with Crippen LogP contribution in [0.25, 0.3) is 11.3 Å². The molecule has 3 aromatic rings. The van der Waals surface area contributed by atoms with Gasteiger partial charge in [-0.05, 0) is 24.1 Å². The molecule has 1 amide bonds. The zero-order valence-corrected chi connectivity index (χ0v) is 13.4. The van der Waals surface area contributed by atoms with Gasteiger partial charge in [-0.25, -0.2) is 0 Å². The van der Waals surface area contributed by atoms with Crippen LogP contribution in [0.5, 0.6) is 0 Å². The van der Waals surface area contributed by atoms with Crippen LogP contribution in [-0.4, -0.2) is 20.7 Å². The Kier molecular flexibility index (Phi) is 3.61. The lowest BCUT2D eigenvalue weighted by atomic mass is 9.85. The first-order chi connectivity index (χ1) is 11.7. The van der Waals surface area contributed by atoms with Crippen LogP contribution in [-0.2, 0) is 18.3 Å². The average molecular weight is 318 g/mol. The van der Waals surface area contributed by atoms with Crippen LogP contribution in [0.4, 0.5) is 5.82 Å². The molecule has 1 atom stereocenters. The van der Waals surface area contributed by atoms with E-state index in [1.807, 2.05) is 43.6 Å². The second-order valence-electron chi connectivity index (χ2n) is 6.12. The molecule has 0 fully saturated rings. The minimum Gasteiger partial charge on any atom is -0.311 e. The Morgan fingerprint density at radius 1 is 1.21 bits per heavy atom. The number of amides is 1. The van der Waals surface area contributed by atoms with Gasteiger partial charge in [0.1, 0.15) is 5.82 Å². The maximum atomic E-state index is 12.2. The van der Waals surface area contributed by atoms with E-state index in [4.69, 9.17) is 0 Å². The third-order valence-corrected chi connectivity index (χ3v) is 4.44. The molecular weight excluding hydrogens is 300 g/mol. The van der Waals surface area contributed by atoms with Crippen molar-refractivity contribution in [3.05, 3.63) is 66.0 Å². The van der Waals surface area contributed by atoms with E-state index < -0.39 is 0 Å². The number of rotatable bonds is 3. The highest BCUT2D eigenvalue weighted by Crippen LogP contribution is 2.40. The zero-order valence-electron chi connectivity index (χ0n) is 13.4. The van der Waals surface area contributed by atoms with E-state index in [2.05, 4.69) is 27.5 Å². The smallest absolute Gasteiger partial charge is 0.226 e. The van der Waals surface area contributed by atoms with E-state index in [1.165, 1.54) is 5.56 Å². The summed E-state index contributed by atoms with van der Waals surface area (Å²) in [5.74, 6) is 0.954. The van der Waals surface area contributed by atoms with Gasteiger partial charge in [0.05, 0.1) is 5.69 Å². The quantitative estimate of drug-likeness (QED) is 0.807. The molecule has 120 valence electrons. The van der Waals surface area contributed by atoms with Crippen molar-refractivity contribution in [2.45, 2.75) is 18.8 Å². The fourth-order valence-corrected chi connectivity index (χ4v) is 3.37. The van der Waals surface area contributed by atoms with E-state index in [1.54, 1.807) is 10.9 Å². The molecule has 0 saturated heterocycles. The Morgan fingerprint density at radius 3 is 2.79 bits per heavy atom. The summed E-state index contributed by atoms with van der Waals surface area (Å²) in [5.41, 5.74) is 4.21. The average Bonchev–Trinajstić information content (AvgIpc) is 2.94. The van der Waals surface area contributed by atoms with Crippen LogP contribution in [0.3, 0.4) is 0 Å². The summed E-state index contributed by atoms with van der Waals surface area (Å²) < 4.78 is 1.76. The molecule has 5 heteroatoms. The predicted molar refractivity (Wildman–Crippen MR) is 92.6 cm³/mol. The van der Waals surface area contributed by atoms with Crippen molar-refractivity contribution in [1.82, 2.24) is 14.8 Å². The fraction of sp³-hybridized carbons (Fsp3) is 0.211. The van der Waals surface area contributed by atoms with E-state index >= 15 is 0 Å². The minimum absolute atomic E-state index is 0.0455. The first-order valence-corrected chi connectivity index (χ1v) is 8.03. The standard InChI is InChI=1S/C19H18N4O/c1-23-19-17(18(22-23)14-8-5-9-20-12-14)15(11-16(24)21-19)10-13-6-3-2-4-7-13/h2-9,12,15H,10-11H2,1H3,(H,21,24)/t15-/m0/s1. The Morgan fingerprint density at radius 2 is 2.04 bits per heavy atom. The Bertz CT molecular complexity index is 871. The Labute approximate surface area is 140 Å². The normalized spacial score (nSPS) is 16.5. The van der Waals surface area contributed by atoms with Crippen molar-refractivity contribution in [2.24, 2.45) is 7.05 Å². The summed E-state index contributed by atoms with van der Waals surface area (Å²) in [6.45, 7) is 0. The number of pyridine rings is 1. The number of anilines is 1. The molecule has 0 aliphatic carbocycles. The number of fused-ring (bicyclic) bond motifs is 1. The van der Waals surface area contributed by atoms with E-state index in [-0.39, 0.29) is 11.8 Å². The maximum Gasteiger partial charge on any atom is 0.226 e. The predicted octanol–water partition coefficient (Wildman–Crippen LogP) is 3.15. The molecule has 3 heterocycles. The van der Waals surface area contributed by atoms with Crippen molar-refractivity contribution in [3.63, 3.8) is 0 Å². The summed E-state index contributed by atoms with van der Waals surface area (Å²) in [5, 5.41) is 7.63. The maximum absolute atomic E-state index is 12.2. The Balaban J connectivity index is 1.81. The number of hydrogen-bond acceptors (Lipinski definition) is 3. The van der Waals surface area contributed by atoms with Crippen molar-refractivity contribution in [1.29, 1.82) is 0 Å². The fourth-order valence-electron chi connectivity index (χ4n) is 3.37. The molecule has 1 aliphatic rings. The van der Waals surface area contributed by atoms with Gasteiger partial charge in [-0.15, -0.1) is 0 Å². The van der Waals surface area contributed by atoms with Crippen LogP contribution in [0, 0.1) is 0 Å². The SMILES string of the molecule is Cn1nc(-c2cccnc2)c2c1NC(=O)C[C@@H]2Cc1ccccc1. The second-order valence-corrected chi connectivity index (χ2v) is 6.12. The van der Waals surface area contributed by atoms with Crippen LogP contribution < -0.4 is 5.32 Å². The summed E-state index contributed by atoms with van der Waals surface area (Å²) >= 11 is 0. The molecule has 24 heavy (non-hydrogen) atoms. The molecule has 1 aliphatic heterocycles. The number of aromatic nitrogens is 3. The highest BCUT2D eigenvalue weighted by molar-refractivity contribution is 5.95. The third-order valence-electron chi connectivity index (χ3n) is 4.44.